The zero-order valence-electron chi connectivity index (χ0n) is 6.73. The molecule has 2 heteroatoms. The van der Waals surface area contributed by atoms with Crippen molar-refractivity contribution in [3.63, 3.8) is 0 Å². The van der Waals surface area contributed by atoms with E-state index in [9.17, 15) is 0 Å². The number of nitrogens with one attached hydrogen (secondary N) is 1. The van der Waals surface area contributed by atoms with Crippen LogP contribution in [-0.2, 0) is 4.74 Å². The van der Waals surface area contributed by atoms with E-state index in [0.717, 1.165) is 13.2 Å². The predicted molar refractivity (Wildman–Crippen MR) is 42.1 cm³/mol. The van der Waals surface area contributed by atoms with Crippen molar-refractivity contribution in [2.45, 2.75) is 32.2 Å². The lowest BCUT2D eigenvalue weighted by atomic mass is 10.1. The quantitative estimate of drug-likeness (QED) is 0.640. The zero-order valence-corrected chi connectivity index (χ0v) is 6.73. The number of ether oxygens (including phenoxy) is 1. The van der Waals surface area contributed by atoms with Crippen molar-refractivity contribution in [2.24, 2.45) is 0 Å². The maximum atomic E-state index is 5.31. The molecule has 1 saturated heterocycles. The van der Waals surface area contributed by atoms with E-state index in [2.05, 4.69) is 5.32 Å². The van der Waals surface area contributed by atoms with E-state index in [-0.39, 0.29) is 0 Å². The first kappa shape index (κ1) is 8.02. The third kappa shape index (κ3) is 2.67. The summed E-state index contributed by atoms with van der Waals surface area (Å²) in [6.45, 7) is 4.97. The van der Waals surface area contributed by atoms with Gasteiger partial charge in [0.05, 0.1) is 6.61 Å². The predicted octanol–water partition coefficient (Wildman–Crippen LogP) is 1.17. The summed E-state index contributed by atoms with van der Waals surface area (Å²) in [5.74, 6) is 0. The number of rotatable bonds is 3. The van der Waals surface area contributed by atoms with E-state index < -0.39 is 0 Å². The van der Waals surface area contributed by atoms with Crippen LogP contribution in [0.5, 0.6) is 0 Å². The molecule has 2 nitrogen and oxygen atoms in total. The van der Waals surface area contributed by atoms with Crippen LogP contribution in [-0.4, -0.2) is 25.8 Å². The van der Waals surface area contributed by atoms with Gasteiger partial charge >= 0.3 is 0 Å². The van der Waals surface area contributed by atoms with Crippen molar-refractivity contribution in [3.8, 4) is 0 Å². The van der Waals surface area contributed by atoms with Gasteiger partial charge in [0.15, 0.2) is 0 Å². The third-order valence-electron chi connectivity index (χ3n) is 1.94. The molecule has 1 aliphatic heterocycles. The van der Waals surface area contributed by atoms with Gasteiger partial charge in [-0.3, -0.25) is 0 Å². The average molecular weight is 143 g/mol. The van der Waals surface area contributed by atoms with Crippen molar-refractivity contribution in [1.82, 2.24) is 5.32 Å². The molecule has 0 bridgehead atoms. The summed E-state index contributed by atoms with van der Waals surface area (Å²) in [6, 6.07) is 0.633. The van der Waals surface area contributed by atoms with Crippen LogP contribution in [0.4, 0.5) is 0 Å². The van der Waals surface area contributed by atoms with Gasteiger partial charge in [-0.25, -0.2) is 0 Å². The highest BCUT2D eigenvalue weighted by atomic mass is 16.5. The lowest BCUT2D eigenvalue weighted by Crippen LogP contribution is -2.37. The molecule has 0 aromatic heterocycles. The van der Waals surface area contributed by atoms with Crippen LogP contribution in [0.15, 0.2) is 0 Å². The molecule has 0 aromatic rings. The highest BCUT2D eigenvalue weighted by Crippen LogP contribution is 2.06. The van der Waals surface area contributed by atoms with Gasteiger partial charge in [0.2, 0.25) is 0 Å². The SMILES string of the molecule is CCOCC1CCCCN1. The molecule has 10 heavy (non-hydrogen) atoms. The Morgan fingerprint density at radius 1 is 1.50 bits per heavy atom. The molecule has 60 valence electrons. The van der Waals surface area contributed by atoms with Gasteiger partial charge in [0, 0.05) is 12.6 Å². The van der Waals surface area contributed by atoms with Gasteiger partial charge in [0.25, 0.3) is 0 Å². The zero-order chi connectivity index (χ0) is 7.23. The molecule has 1 aliphatic rings. The van der Waals surface area contributed by atoms with Crippen molar-refractivity contribution in [2.75, 3.05) is 19.8 Å². The maximum absolute atomic E-state index is 5.31. The van der Waals surface area contributed by atoms with Crippen LogP contribution >= 0.6 is 0 Å². The van der Waals surface area contributed by atoms with E-state index in [1.807, 2.05) is 6.92 Å². The molecule has 1 heterocycles. The van der Waals surface area contributed by atoms with Crippen molar-refractivity contribution in [3.05, 3.63) is 0 Å². The summed E-state index contributed by atoms with van der Waals surface area (Å²) in [4.78, 5) is 0. The largest absolute Gasteiger partial charge is 0.380 e. The molecule has 1 fully saturated rings. The van der Waals surface area contributed by atoms with Crippen molar-refractivity contribution >= 4 is 0 Å². The molecule has 0 saturated carbocycles. The lowest BCUT2D eigenvalue weighted by molar-refractivity contribution is 0.114. The van der Waals surface area contributed by atoms with Crippen LogP contribution in [0.3, 0.4) is 0 Å². The van der Waals surface area contributed by atoms with Gasteiger partial charge in [-0.2, -0.15) is 0 Å². The molecule has 1 N–H and O–H groups in total. The smallest absolute Gasteiger partial charge is 0.0619 e. The monoisotopic (exact) mass is 143 g/mol. The van der Waals surface area contributed by atoms with Gasteiger partial charge in [-0.05, 0) is 26.3 Å². The Labute approximate surface area is 63.0 Å². The summed E-state index contributed by atoms with van der Waals surface area (Å²) >= 11 is 0. The van der Waals surface area contributed by atoms with Crippen LogP contribution in [0.2, 0.25) is 0 Å². The Balaban J connectivity index is 2.02. The number of piperidine rings is 1. The lowest BCUT2D eigenvalue weighted by Gasteiger charge is -2.22. The molecule has 0 amide bonds. The van der Waals surface area contributed by atoms with Gasteiger partial charge in [-0.15, -0.1) is 0 Å². The topological polar surface area (TPSA) is 21.3 Å². The van der Waals surface area contributed by atoms with Crippen LogP contribution in [0, 0.1) is 0 Å². The number of hydrogen-bond acceptors (Lipinski definition) is 2. The van der Waals surface area contributed by atoms with Crippen LogP contribution in [0.25, 0.3) is 0 Å². The summed E-state index contributed by atoms with van der Waals surface area (Å²) in [6.07, 6.45) is 3.99. The fourth-order valence-electron chi connectivity index (χ4n) is 1.33. The molecular formula is C8H17NO. The molecule has 0 spiro atoms. The minimum absolute atomic E-state index is 0.633. The standard InChI is InChI=1S/C8H17NO/c1-2-10-7-8-5-3-4-6-9-8/h8-9H,2-7H2,1H3. The minimum atomic E-state index is 0.633. The normalized spacial score (nSPS) is 26.7. The highest BCUT2D eigenvalue weighted by molar-refractivity contribution is 4.70. The fourth-order valence-corrected chi connectivity index (χ4v) is 1.33. The summed E-state index contributed by atoms with van der Waals surface area (Å²) < 4.78 is 5.31. The molecule has 1 atom stereocenters. The first-order chi connectivity index (χ1) is 4.93. The average Bonchev–Trinajstić information content (AvgIpc) is 2.03. The van der Waals surface area contributed by atoms with Crippen molar-refractivity contribution in [1.29, 1.82) is 0 Å². The van der Waals surface area contributed by atoms with Gasteiger partial charge in [0.1, 0.15) is 0 Å². The second-order valence-electron chi connectivity index (χ2n) is 2.81. The Bertz CT molecular complexity index is 79.3. The van der Waals surface area contributed by atoms with Crippen LogP contribution in [0.1, 0.15) is 26.2 Å². The summed E-state index contributed by atoms with van der Waals surface area (Å²) in [5.41, 5.74) is 0. The Hall–Kier alpha value is -0.0800. The van der Waals surface area contributed by atoms with E-state index in [4.69, 9.17) is 4.74 Å². The third-order valence-corrected chi connectivity index (χ3v) is 1.94. The van der Waals surface area contributed by atoms with E-state index >= 15 is 0 Å². The minimum Gasteiger partial charge on any atom is -0.380 e. The second kappa shape index (κ2) is 4.69. The maximum Gasteiger partial charge on any atom is 0.0619 e. The molecule has 1 rings (SSSR count). The number of hydrogen-bond donors (Lipinski definition) is 1. The van der Waals surface area contributed by atoms with Crippen LogP contribution < -0.4 is 5.32 Å². The first-order valence-electron chi connectivity index (χ1n) is 4.24. The van der Waals surface area contributed by atoms with Crippen molar-refractivity contribution < 1.29 is 4.74 Å². The molecule has 0 aromatic carbocycles. The molecular weight excluding hydrogens is 126 g/mol. The molecule has 0 radical (unpaired) electrons. The molecule has 0 aliphatic carbocycles. The Morgan fingerprint density at radius 2 is 2.40 bits per heavy atom. The second-order valence-corrected chi connectivity index (χ2v) is 2.81. The summed E-state index contributed by atoms with van der Waals surface area (Å²) in [5, 5.41) is 3.43. The first-order valence-corrected chi connectivity index (χ1v) is 4.24. The summed E-state index contributed by atoms with van der Waals surface area (Å²) in [7, 11) is 0. The van der Waals surface area contributed by atoms with E-state index in [1.54, 1.807) is 0 Å². The van der Waals surface area contributed by atoms with Gasteiger partial charge < -0.3 is 10.1 Å². The fraction of sp³-hybridized carbons (Fsp3) is 1.00. The van der Waals surface area contributed by atoms with E-state index in [0.29, 0.717) is 6.04 Å². The highest BCUT2D eigenvalue weighted by Gasteiger charge is 2.11. The Kier molecular flexibility index (Phi) is 3.76. The van der Waals surface area contributed by atoms with E-state index in [1.165, 1.54) is 25.8 Å². The molecule has 1 unspecified atom stereocenters. The Morgan fingerprint density at radius 3 is 3.00 bits per heavy atom. The van der Waals surface area contributed by atoms with Gasteiger partial charge in [-0.1, -0.05) is 6.42 Å².